The van der Waals surface area contributed by atoms with Crippen molar-refractivity contribution in [2.24, 2.45) is 5.92 Å². The lowest BCUT2D eigenvalue weighted by atomic mass is 10.2. The number of carbonyl (C=O) groups is 1. The van der Waals surface area contributed by atoms with E-state index >= 15 is 0 Å². The zero-order valence-corrected chi connectivity index (χ0v) is 11.1. The van der Waals surface area contributed by atoms with E-state index in [1.165, 1.54) is 0 Å². The zero-order chi connectivity index (χ0) is 11.7. The predicted octanol–water partition coefficient (Wildman–Crippen LogP) is 1.49. The molecule has 15 heavy (non-hydrogen) atoms. The van der Waals surface area contributed by atoms with Gasteiger partial charge >= 0.3 is 0 Å². The third-order valence-corrected chi connectivity index (χ3v) is 2.91. The Morgan fingerprint density at radius 2 is 2.00 bits per heavy atom. The Hall–Kier alpha value is -0.220. The summed E-state index contributed by atoms with van der Waals surface area (Å²) in [6.07, 6.45) is 2.66. The van der Waals surface area contributed by atoms with Crippen LogP contribution in [0.25, 0.3) is 0 Å². The highest BCUT2D eigenvalue weighted by Gasteiger charge is 2.04. The third kappa shape index (κ3) is 10.1. The molecule has 2 N–H and O–H groups in total. The Bertz CT molecular complexity index is 174. The molecule has 0 radical (unpaired) electrons. The van der Waals surface area contributed by atoms with Crippen molar-refractivity contribution in [3.05, 3.63) is 0 Å². The molecule has 0 aliphatic heterocycles. The molecule has 0 saturated carbocycles. The minimum absolute atomic E-state index is 0.149. The van der Waals surface area contributed by atoms with Gasteiger partial charge in [0.05, 0.1) is 0 Å². The van der Waals surface area contributed by atoms with Crippen molar-refractivity contribution in [1.82, 2.24) is 10.6 Å². The second kappa shape index (κ2) is 9.04. The topological polar surface area (TPSA) is 41.1 Å². The lowest BCUT2D eigenvalue weighted by Gasteiger charge is -2.12. The van der Waals surface area contributed by atoms with Crippen LogP contribution in [-0.2, 0) is 4.79 Å². The summed E-state index contributed by atoms with van der Waals surface area (Å²) < 4.78 is 0. The van der Waals surface area contributed by atoms with E-state index in [0.717, 1.165) is 18.8 Å². The van der Waals surface area contributed by atoms with E-state index in [0.29, 0.717) is 18.4 Å². The van der Waals surface area contributed by atoms with E-state index in [2.05, 4.69) is 37.7 Å². The number of rotatable bonds is 8. The van der Waals surface area contributed by atoms with Crippen molar-refractivity contribution in [2.75, 3.05) is 25.1 Å². The van der Waals surface area contributed by atoms with Gasteiger partial charge in [0.1, 0.15) is 0 Å². The third-order valence-electron chi connectivity index (χ3n) is 2.00. The molecule has 1 amide bonds. The van der Waals surface area contributed by atoms with Crippen LogP contribution in [0.15, 0.2) is 0 Å². The van der Waals surface area contributed by atoms with Crippen LogP contribution in [0.4, 0.5) is 0 Å². The molecule has 0 aliphatic rings. The van der Waals surface area contributed by atoms with Gasteiger partial charge in [-0.25, -0.2) is 0 Å². The quantitative estimate of drug-likeness (QED) is 0.666. The maximum Gasteiger partial charge on any atom is 0.221 e. The van der Waals surface area contributed by atoms with Crippen LogP contribution in [0.1, 0.15) is 27.2 Å². The van der Waals surface area contributed by atoms with Crippen molar-refractivity contribution in [2.45, 2.75) is 33.2 Å². The molecule has 0 aromatic rings. The molecule has 0 rings (SSSR count). The SMILES string of the molecule is CSCC(C)CNC(=O)CCNC(C)C. The van der Waals surface area contributed by atoms with Gasteiger partial charge in [-0.05, 0) is 17.9 Å². The minimum Gasteiger partial charge on any atom is -0.356 e. The summed E-state index contributed by atoms with van der Waals surface area (Å²) in [5.41, 5.74) is 0. The summed E-state index contributed by atoms with van der Waals surface area (Å²) in [5, 5.41) is 6.17. The summed E-state index contributed by atoms with van der Waals surface area (Å²) in [7, 11) is 0. The van der Waals surface area contributed by atoms with Gasteiger partial charge in [-0.2, -0.15) is 11.8 Å². The van der Waals surface area contributed by atoms with E-state index in [4.69, 9.17) is 0 Å². The smallest absolute Gasteiger partial charge is 0.221 e. The van der Waals surface area contributed by atoms with Gasteiger partial charge in [0, 0.05) is 25.6 Å². The van der Waals surface area contributed by atoms with E-state index in [9.17, 15) is 4.79 Å². The first kappa shape index (κ1) is 14.8. The molecule has 0 heterocycles. The molecule has 90 valence electrons. The summed E-state index contributed by atoms with van der Waals surface area (Å²) in [6, 6.07) is 0.452. The zero-order valence-electron chi connectivity index (χ0n) is 10.3. The molecular weight excluding hydrogens is 208 g/mol. The van der Waals surface area contributed by atoms with Crippen LogP contribution in [0.3, 0.4) is 0 Å². The largest absolute Gasteiger partial charge is 0.356 e. The Morgan fingerprint density at radius 3 is 2.53 bits per heavy atom. The van der Waals surface area contributed by atoms with Crippen LogP contribution >= 0.6 is 11.8 Å². The Labute approximate surface area is 97.8 Å². The number of hydrogen-bond acceptors (Lipinski definition) is 3. The van der Waals surface area contributed by atoms with Crippen LogP contribution in [0.2, 0.25) is 0 Å². The molecule has 1 unspecified atom stereocenters. The average molecular weight is 232 g/mol. The van der Waals surface area contributed by atoms with Crippen molar-refractivity contribution < 1.29 is 4.79 Å². The molecular formula is C11H24N2OS. The van der Waals surface area contributed by atoms with Crippen LogP contribution < -0.4 is 10.6 Å². The fourth-order valence-electron chi connectivity index (χ4n) is 1.19. The van der Waals surface area contributed by atoms with E-state index in [-0.39, 0.29) is 5.91 Å². The highest BCUT2D eigenvalue weighted by molar-refractivity contribution is 7.98. The monoisotopic (exact) mass is 232 g/mol. The molecule has 0 aromatic carbocycles. The molecule has 0 spiro atoms. The first-order valence-electron chi connectivity index (χ1n) is 5.55. The average Bonchev–Trinajstić information content (AvgIpc) is 2.14. The lowest BCUT2D eigenvalue weighted by molar-refractivity contribution is -0.121. The van der Waals surface area contributed by atoms with E-state index in [1.807, 2.05) is 11.8 Å². The van der Waals surface area contributed by atoms with Crippen molar-refractivity contribution in [3.8, 4) is 0 Å². The van der Waals surface area contributed by atoms with Gasteiger partial charge in [-0.15, -0.1) is 0 Å². The van der Waals surface area contributed by atoms with Crippen molar-refractivity contribution in [1.29, 1.82) is 0 Å². The standard InChI is InChI=1S/C11H24N2OS/c1-9(2)12-6-5-11(14)13-7-10(3)8-15-4/h9-10,12H,5-8H2,1-4H3,(H,13,14). The second-order valence-corrected chi connectivity index (χ2v) is 5.13. The summed E-state index contributed by atoms with van der Waals surface area (Å²) in [4.78, 5) is 11.4. The molecule has 0 fully saturated rings. The highest BCUT2D eigenvalue weighted by Crippen LogP contribution is 2.02. The molecule has 3 nitrogen and oxygen atoms in total. The number of amides is 1. The Balaban J connectivity index is 3.40. The maximum absolute atomic E-state index is 11.4. The fraction of sp³-hybridized carbons (Fsp3) is 0.909. The van der Waals surface area contributed by atoms with Gasteiger partial charge in [0.2, 0.25) is 5.91 Å². The van der Waals surface area contributed by atoms with Gasteiger partial charge in [-0.1, -0.05) is 20.8 Å². The molecule has 0 aromatic heterocycles. The van der Waals surface area contributed by atoms with Gasteiger partial charge in [-0.3, -0.25) is 4.79 Å². The Kier molecular flexibility index (Phi) is 8.91. The van der Waals surface area contributed by atoms with E-state index < -0.39 is 0 Å². The summed E-state index contributed by atoms with van der Waals surface area (Å²) in [6.45, 7) is 7.88. The number of carbonyl (C=O) groups excluding carboxylic acids is 1. The molecule has 4 heteroatoms. The van der Waals surface area contributed by atoms with Gasteiger partial charge in [0.15, 0.2) is 0 Å². The molecule has 0 aliphatic carbocycles. The van der Waals surface area contributed by atoms with Crippen LogP contribution in [0, 0.1) is 5.92 Å². The molecule has 1 atom stereocenters. The maximum atomic E-state index is 11.4. The Morgan fingerprint density at radius 1 is 1.33 bits per heavy atom. The van der Waals surface area contributed by atoms with Crippen molar-refractivity contribution in [3.63, 3.8) is 0 Å². The molecule has 0 bridgehead atoms. The molecule has 0 saturated heterocycles. The highest BCUT2D eigenvalue weighted by atomic mass is 32.2. The van der Waals surface area contributed by atoms with Gasteiger partial charge < -0.3 is 10.6 Å². The number of thioether (sulfide) groups is 1. The van der Waals surface area contributed by atoms with Crippen LogP contribution in [0.5, 0.6) is 0 Å². The fourth-order valence-corrected chi connectivity index (χ4v) is 1.88. The summed E-state index contributed by atoms with van der Waals surface area (Å²) >= 11 is 1.82. The number of nitrogens with one attached hydrogen (secondary N) is 2. The second-order valence-electron chi connectivity index (χ2n) is 4.22. The normalized spacial score (nSPS) is 12.9. The van der Waals surface area contributed by atoms with Crippen LogP contribution in [-0.4, -0.2) is 37.0 Å². The van der Waals surface area contributed by atoms with Crippen molar-refractivity contribution >= 4 is 17.7 Å². The lowest BCUT2D eigenvalue weighted by Crippen LogP contribution is -2.33. The number of hydrogen-bond donors (Lipinski definition) is 2. The van der Waals surface area contributed by atoms with Gasteiger partial charge in [0.25, 0.3) is 0 Å². The minimum atomic E-state index is 0.149. The summed E-state index contributed by atoms with van der Waals surface area (Å²) in [5.74, 6) is 1.81. The first-order valence-corrected chi connectivity index (χ1v) is 6.94. The predicted molar refractivity (Wildman–Crippen MR) is 68.3 cm³/mol. The first-order chi connectivity index (χ1) is 7.06. The van der Waals surface area contributed by atoms with E-state index in [1.54, 1.807) is 0 Å².